The van der Waals surface area contributed by atoms with E-state index < -0.39 is 0 Å². The number of nitriles is 1. The van der Waals surface area contributed by atoms with Gasteiger partial charge in [-0.15, -0.1) is 0 Å². The lowest BCUT2D eigenvalue weighted by molar-refractivity contribution is 0.312. The molecular weight excluding hydrogens is 244 g/mol. The van der Waals surface area contributed by atoms with E-state index in [4.69, 9.17) is 15.7 Å². The summed E-state index contributed by atoms with van der Waals surface area (Å²) in [6.45, 7) is 2.25. The number of aromatic nitrogens is 3. The van der Waals surface area contributed by atoms with E-state index in [-0.39, 0.29) is 17.9 Å². The fourth-order valence-corrected chi connectivity index (χ4v) is 1.43. The van der Waals surface area contributed by atoms with Crippen LogP contribution in [0.5, 0.6) is 6.01 Å². The van der Waals surface area contributed by atoms with Crippen molar-refractivity contribution in [2.75, 3.05) is 17.7 Å². The number of benzene rings is 1. The largest absolute Gasteiger partial charge is 0.464 e. The van der Waals surface area contributed by atoms with E-state index in [0.717, 1.165) is 0 Å². The molecule has 2 rings (SSSR count). The van der Waals surface area contributed by atoms with Gasteiger partial charge in [-0.3, -0.25) is 0 Å². The Hall–Kier alpha value is -2.88. The molecule has 0 aliphatic carbocycles. The molecule has 0 fully saturated rings. The van der Waals surface area contributed by atoms with Gasteiger partial charge in [-0.05, 0) is 19.1 Å². The fraction of sp³-hybridized carbons (Fsp3) is 0.167. The number of para-hydroxylation sites is 1. The smallest absolute Gasteiger partial charge is 0.323 e. The molecule has 7 nitrogen and oxygen atoms in total. The second-order valence-corrected chi connectivity index (χ2v) is 3.52. The van der Waals surface area contributed by atoms with Crippen molar-refractivity contribution >= 4 is 17.6 Å². The molecule has 3 N–H and O–H groups in total. The van der Waals surface area contributed by atoms with Gasteiger partial charge >= 0.3 is 6.01 Å². The number of nitrogens with two attached hydrogens (primary N) is 1. The highest BCUT2D eigenvalue weighted by Gasteiger charge is 2.07. The summed E-state index contributed by atoms with van der Waals surface area (Å²) in [7, 11) is 0. The Morgan fingerprint density at radius 2 is 2.11 bits per heavy atom. The molecule has 0 radical (unpaired) electrons. The second-order valence-electron chi connectivity index (χ2n) is 3.52. The Kier molecular flexibility index (Phi) is 3.73. The predicted molar refractivity (Wildman–Crippen MR) is 69.8 cm³/mol. The average molecular weight is 256 g/mol. The van der Waals surface area contributed by atoms with Crippen LogP contribution in [0.15, 0.2) is 24.3 Å². The maximum absolute atomic E-state index is 9.00. The highest BCUT2D eigenvalue weighted by molar-refractivity contribution is 5.63. The summed E-state index contributed by atoms with van der Waals surface area (Å²) >= 11 is 0. The Bertz CT molecular complexity index is 622. The third-order valence-corrected chi connectivity index (χ3v) is 2.20. The molecule has 19 heavy (non-hydrogen) atoms. The fourth-order valence-electron chi connectivity index (χ4n) is 1.43. The van der Waals surface area contributed by atoms with Gasteiger partial charge < -0.3 is 15.8 Å². The van der Waals surface area contributed by atoms with Crippen molar-refractivity contribution in [2.24, 2.45) is 0 Å². The summed E-state index contributed by atoms with van der Waals surface area (Å²) in [5.41, 5.74) is 6.65. The van der Waals surface area contributed by atoms with Gasteiger partial charge in [0, 0.05) is 0 Å². The Morgan fingerprint density at radius 1 is 1.32 bits per heavy atom. The predicted octanol–water partition coefficient (Wildman–Crippen LogP) is 1.47. The molecule has 0 spiro atoms. The third kappa shape index (κ3) is 3.07. The number of hydrogen-bond donors (Lipinski definition) is 2. The zero-order chi connectivity index (χ0) is 13.7. The van der Waals surface area contributed by atoms with E-state index in [2.05, 4.69) is 26.3 Å². The first-order valence-electron chi connectivity index (χ1n) is 5.63. The van der Waals surface area contributed by atoms with Gasteiger partial charge in [0.25, 0.3) is 0 Å². The first kappa shape index (κ1) is 12.6. The van der Waals surface area contributed by atoms with E-state index in [1.54, 1.807) is 24.3 Å². The molecular formula is C12H12N6O. The molecule has 0 aliphatic heterocycles. The van der Waals surface area contributed by atoms with Crippen LogP contribution in [0, 0.1) is 11.3 Å². The number of rotatable bonds is 4. The minimum absolute atomic E-state index is 0.0513. The molecule has 0 bridgehead atoms. The standard InChI is InChI=1S/C12H12N6O/c1-2-19-12-17-10(14)16-11(18-12)15-9-6-4-3-5-8(9)7-13/h3-6H,2H2,1H3,(H3,14,15,16,17,18). The number of nitrogens with zero attached hydrogens (tertiary/aromatic N) is 4. The van der Waals surface area contributed by atoms with E-state index >= 15 is 0 Å². The number of anilines is 3. The molecule has 0 saturated heterocycles. The molecule has 0 saturated carbocycles. The Balaban J connectivity index is 2.30. The van der Waals surface area contributed by atoms with Crippen LogP contribution in [-0.4, -0.2) is 21.6 Å². The SMILES string of the molecule is CCOc1nc(N)nc(Nc2ccccc2C#N)n1. The highest BCUT2D eigenvalue weighted by atomic mass is 16.5. The van der Waals surface area contributed by atoms with Crippen molar-refractivity contribution in [1.29, 1.82) is 5.26 Å². The number of nitrogens with one attached hydrogen (secondary N) is 1. The monoisotopic (exact) mass is 256 g/mol. The summed E-state index contributed by atoms with van der Waals surface area (Å²) in [4.78, 5) is 11.8. The lowest BCUT2D eigenvalue weighted by atomic mass is 10.2. The molecule has 0 atom stereocenters. The van der Waals surface area contributed by atoms with Gasteiger partial charge in [-0.2, -0.15) is 20.2 Å². The molecule has 0 amide bonds. The summed E-state index contributed by atoms with van der Waals surface area (Å²) < 4.78 is 5.17. The molecule has 1 aromatic heterocycles. The zero-order valence-electron chi connectivity index (χ0n) is 10.3. The van der Waals surface area contributed by atoms with Crippen LogP contribution in [0.1, 0.15) is 12.5 Å². The molecule has 7 heteroatoms. The molecule has 2 aromatic rings. The minimum atomic E-state index is 0.0513. The van der Waals surface area contributed by atoms with Gasteiger partial charge in [0.05, 0.1) is 17.9 Å². The van der Waals surface area contributed by atoms with Gasteiger partial charge in [-0.1, -0.05) is 12.1 Å². The van der Waals surface area contributed by atoms with Crippen LogP contribution >= 0.6 is 0 Å². The molecule has 1 aromatic carbocycles. The summed E-state index contributed by atoms with van der Waals surface area (Å²) in [5, 5.41) is 11.9. The van der Waals surface area contributed by atoms with Crippen LogP contribution in [0.4, 0.5) is 17.6 Å². The Labute approximate surface area is 110 Å². The quantitative estimate of drug-likeness (QED) is 0.852. The Morgan fingerprint density at radius 3 is 2.84 bits per heavy atom. The lowest BCUT2D eigenvalue weighted by Crippen LogP contribution is -2.07. The molecule has 1 heterocycles. The lowest BCUT2D eigenvalue weighted by Gasteiger charge is -2.08. The van der Waals surface area contributed by atoms with Crippen molar-refractivity contribution in [1.82, 2.24) is 15.0 Å². The van der Waals surface area contributed by atoms with Crippen molar-refractivity contribution < 1.29 is 4.74 Å². The molecule has 0 aliphatic rings. The van der Waals surface area contributed by atoms with E-state index in [1.807, 2.05) is 6.92 Å². The topological polar surface area (TPSA) is 110 Å². The van der Waals surface area contributed by atoms with Crippen LogP contribution < -0.4 is 15.8 Å². The molecule has 0 unspecified atom stereocenters. The first-order valence-corrected chi connectivity index (χ1v) is 5.63. The summed E-state index contributed by atoms with van der Waals surface area (Å²) in [6.07, 6.45) is 0. The third-order valence-electron chi connectivity index (χ3n) is 2.20. The summed E-state index contributed by atoms with van der Waals surface area (Å²) in [5.74, 6) is 0.286. The van der Waals surface area contributed by atoms with Crippen LogP contribution in [-0.2, 0) is 0 Å². The first-order chi connectivity index (χ1) is 9.22. The van der Waals surface area contributed by atoms with Gasteiger partial charge in [0.15, 0.2) is 0 Å². The van der Waals surface area contributed by atoms with E-state index in [1.165, 1.54) is 0 Å². The number of ether oxygens (including phenoxy) is 1. The zero-order valence-corrected chi connectivity index (χ0v) is 10.3. The number of hydrogen-bond acceptors (Lipinski definition) is 7. The van der Waals surface area contributed by atoms with Crippen molar-refractivity contribution in [2.45, 2.75) is 6.92 Å². The van der Waals surface area contributed by atoms with Gasteiger partial charge in [0.2, 0.25) is 11.9 Å². The van der Waals surface area contributed by atoms with Crippen molar-refractivity contribution in [3.05, 3.63) is 29.8 Å². The maximum Gasteiger partial charge on any atom is 0.323 e. The van der Waals surface area contributed by atoms with E-state index in [9.17, 15) is 0 Å². The second kappa shape index (κ2) is 5.64. The van der Waals surface area contributed by atoms with Crippen LogP contribution in [0.3, 0.4) is 0 Å². The van der Waals surface area contributed by atoms with Gasteiger partial charge in [-0.25, -0.2) is 0 Å². The van der Waals surface area contributed by atoms with Crippen LogP contribution in [0.25, 0.3) is 0 Å². The highest BCUT2D eigenvalue weighted by Crippen LogP contribution is 2.19. The molecule has 96 valence electrons. The summed E-state index contributed by atoms with van der Waals surface area (Å²) in [6, 6.07) is 9.24. The number of nitrogen functional groups attached to an aromatic ring is 1. The minimum Gasteiger partial charge on any atom is -0.464 e. The van der Waals surface area contributed by atoms with Crippen LogP contribution in [0.2, 0.25) is 0 Å². The van der Waals surface area contributed by atoms with Crippen molar-refractivity contribution in [3.63, 3.8) is 0 Å². The maximum atomic E-state index is 9.00. The van der Waals surface area contributed by atoms with E-state index in [0.29, 0.717) is 17.9 Å². The average Bonchev–Trinajstić information content (AvgIpc) is 2.39. The van der Waals surface area contributed by atoms with Gasteiger partial charge in [0.1, 0.15) is 6.07 Å². The normalized spacial score (nSPS) is 9.68. The van der Waals surface area contributed by atoms with Crippen molar-refractivity contribution in [3.8, 4) is 12.1 Å².